The summed E-state index contributed by atoms with van der Waals surface area (Å²) in [5, 5.41) is 7.63. The summed E-state index contributed by atoms with van der Waals surface area (Å²) in [7, 11) is -2.69. The molecule has 1 spiro atoms. The second-order valence-corrected chi connectivity index (χ2v) is 18.9. The van der Waals surface area contributed by atoms with Crippen LogP contribution in [0.1, 0.15) is 0 Å². The van der Waals surface area contributed by atoms with Crippen LogP contribution in [0.3, 0.4) is 0 Å². The quantitative estimate of drug-likeness (QED) is 0.164. The Balaban J connectivity index is 0.969. The van der Waals surface area contributed by atoms with E-state index in [4.69, 9.17) is 9.15 Å². The third-order valence-corrected chi connectivity index (χ3v) is 17.1. The van der Waals surface area contributed by atoms with Crippen LogP contribution >= 0.6 is 0 Å². The summed E-state index contributed by atoms with van der Waals surface area (Å²) in [4.78, 5) is 2.29. The van der Waals surface area contributed by atoms with Gasteiger partial charge in [0.15, 0.2) is 8.07 Å². The van der Waals surface area contributed by atoms with Gasteiger partial charge in [-0.15, -0.1) is 0 Å². The van der Waals surface area contributed by atoms with Crippen LogP contribution in [-0.2, 0) is 0 Å². The average Bonchev–Trinajstić information content (AvgIpc) is 3.80. The van der Waals surface area contributed by atoms with E-state index in [0.29, 0.717) is 0 Å². The molecule has 0 amide bonds. The van der Waals surface area contributed by atoms with Crippen LogP contribution in [0, 0.1) is 0 Å². The van der Waals surface area contributed by atoms with Gasteiger partial charge in [-0.25, -0.2) is 0 Å². The normalized spacial score (nSPS) is 13.1. The Morgan fingerprint density at radius 1 is 0.328 bits per heavy atom. The Morgan fingerprint density at radius 2 is 0.828 bits per heavy atom. The van der Waals surface area contributed by atoms with E-state index < -0.39 is 8.07 Å². The summed E-state index contributed by atoms with van der Waals surface area (Å²) in [6.45, 7) is 0. The molecule has 9 aromatic carbocycles. The molecule has 0 unspecified atom stereocenters. The standard InChI is InChI=1S/C54H35NO2Si/c1-3-13-36(14-4-1)37-23-27-41(28-24-37)55(40-15-5-2-6-16-40)42-29-31-44-43-30-25-38(33-49(43)57-50(44)35-42)39-26-32-48-54(34-39)58(53-22-12-9-19-47(53)56-48)51-20-10-7-17-45(51)46-18-8-11-21-52(46)58/h1-35H. The third-order valence-electron chi connectivity index (χ3n) is 12.1. The van der Waals surface area contributed by atoms with Crippen LogP contribution in [0.5, 0.6) is 11.5 Å². The van der Waals surface area contributed by atoms with Crippen molar-refractivity contribution < 1.29 is 9.15 Å². The number of rotatable bonds is 5. The van der Waals surface area contributed by atoms with Crippen LogP contribution in [0.25, 0.3) is 55.3 Å². The van der Waals surface area contributed by atoms with Gasteiger partial charge < -0.3 is 14.1 Å². The number of hydrogen-bond acceptors (Lipinski definition) is 3. The van der Waals surface area contributed by atoms with E-state index in [1.807, 2.05) is 0 Å². The lowest BCUT2D eigenvalue weighted by molar-refractivity contribution is 0.487. The van der Waals surface area contributed by atoms with E-state index in [1.165, 1.54) is 43.0 Å². The van der Waals surface area contributed by atoms with E-state index >= 15 is 0 Å². The first kappa shape index (κ1) is 32.8. The molecule has 1 aromatic heterocycles. The zero-order valence-electron chi connectivity index (χ0n) is 31.5. The fourth-order valence-electron chi connectivity index (χ4n) is 9.58. The number of furan rings is 1. The minimum absolute atomic E-state index is 0.854. The minimum atomic E-state index is -2.69. The van der Waals surface area contributed by atoms with Gasteiger partial charge in [0, 0.05) is 33.9 Å². The highest BCUT2D eigenvalue weighted by atomic mass is 28.3. The van der Waals surface area contributed by atoms with Crippen molar-refractivity contribution in [3.8, 4) is 44.9 Å². The lowest BCUT2D eigenvalue weighted by Gasteiger charge is -2.37. The van der Waals surface area contributed by atoms with Gasteiger partial charge in [-0.2, -0.15) is 0 Å². The number of anilines is 3. The molecule has 0 N–H and O–H groups in total. The highest BCUT2D eigenvalue weighted by molar-refractivity contribution is 7.23. The number of hydrogen-bond donors (Lipinski definition) is 0. The van der Waals surface area contributed by atoms with Crippen LogP contribution < -0.4 is 30.4 Å². The molecule has 3 heterocycles. The van der Waals surface area contributed by atoms with Crippen molar-refractivity contribution in [2.45, 2.75) is 0 Å². The monoisotopic (exact) mass is 757 g/mol. The van der Waals surface area contributed by atoms with E-state index in [2.05, 4.69) is 217 Å². The van der Waals surface area contributed by atoms with Gasteiger partial charge >= 0.3 is 0 Å². The van der Waals surface area contributed by atoms with Crippen molar-refractivity contribution in [1.29, 1.82) is 0 Å². The maximum Gasteiger partial charge on any atom is 0.189 e. The van der Waals surface area contributed by atoms with Gasteiger partial charge in [0.25, 0.3) is 0 Å². The van der Waals surface area contributed by atoms with Crippen LogP contribution in [0.4, 0.5) is 17.1 Å². The van der Waals surface area contributed by atoms with E-state index in [1.54, 1.807) is 0 Å². The Labute approximate surface area is 337 Å². The van der Waals surface area contributed by atoms with Crippen molar-refractivity contribution in [3.63, 3.8) is 0 Å². The lowest BCUT2D eigenvalue weighted by atomic mass is 10.0. The molecular weight excluding hydrogens is 723 g/mol. The summed E-state index contributed by atoms with van der Waals surface area (Å²) in [6, 6.07) is 76.5. The number of nitrogens with zero attached hydrogens (tertiary/aromatic N) is 1. The first-order valence-corrected chi connectivity index (χ1v) is 21.8. The molecule has 10 aromatic rings. The van der Waals surface area contributed by atoms with E-state index in [0.717, 1.165) is 61.6 Å². The van der Waals surface area contributed by atoms with E-state index in [-0.39, 0.29) is 0 Å². The molecule has 0 radical (unpaired) electrons. The topological polar surface area (TPSA) is 25.6 Å². The van der Waals surface area contributed by atoms with Crippen molar-refractivity contribution in [2.24, 2.45) is 0 Å². The molecule has 3 nitrogen and oxygen atoms in total. The maximum atomic E-state index is 6.76. The summed E-state index contributed by atoms with van der Waals surface area (Å²) in [5.41, 5.74) is 12.2. The lowest BCUT2D eigenvalue weighted by Crippen LogP contribution is -2.74. The fourth-order valence-corrected chi connectivity index (χ4v) is 15.0. The maximum absolute atomic E-state index is 6.76. The largest absolute Gasteiger partial charge is 0.458 e. The first-order valence-electron chi connectivity index (χ1n) is 19.8. The molecule has 2 aliphatic heterocycles. The fraction of sp³-hybridized carbons (Fsp3) is 0. The number of para-hydroxylation sites is 2. The molecule has 58 heavy (non-hydrogen) atoms. The van der Waals surface area contributed by atoms with Crippen LogP contribution in [0.2, 0.25) is 0 Å². The molecule has 12 rings (SSSR count). The molecule has 2 aliphatic rings. The predicted molar refractivity (Wildman–Crippen MR) is 242 cm³/mol. The van der Waals surface area contributed by atoms with Gasteiger partial charge in [0.2, 0.25) is 0 Å². The van der Waals surface area contributed by atoms with Crippen molar-refractivity contribution in [2.75, 3.05) is 4.90 Å². The smallest absolute Gasteiger partial charge is 0.189 e. The molecule has 272 valence electrons. The van der Waals surface area contributed by atoms with Gasteiger partial charge in [0.1, 0.15) is 22.7 Å². The predicted octanol–water partition coefficient (Wildman–Crippen LogP) is 11.9. The van der Waals surface area contributed by atoms with Gasteiger partial charge in [-0.1, -0.05) is 146 Å². The van der Waals surface area contributed by atoms with Crippen molar-refractivity contribution in [1.82, 2.24) is 0 Å². The zero-order valence-corrected chi connectivity index (χ0v) is 32.5. The zero-order chi connectivity index (χ0) is 38.2. The molecule has 0 saturated heterocycles. The van der Waals surface area contributed by atoms with Crippen LogP contribution in [-0.4, -0.2) is 8.07 Å². The Kier molecular flexibility index (Phi) is 7.25. The van der Waals surface area contributed by atoms with E-state index in [9.17, 15) is 0 Å². The first-order chi connectivity index (χ1) is 28.7. The Bertz CT molecular complexity index is 3160. The molecule has 0 bridgehead atoms. The van der Waals surface area contributed by atoms with Gasteiger partial charge in [0.05, 0.1) is 0 Å². The summed E-state index contributed by atoms with van der Waals surface area (Å²) in [5.74, 6) is 1.90. The summed E-state index contributed by atoms with van der Waals surface area (Å²) >= 11 is 0. The molecule has 0 fully saturated rings. The third kappa shape index (κ3) is 4.85. The Hall–Kier alpha value is -7.40. The highest BCUT2D eigenvalue weighted by Crippen LogP contribution is 2.41. The van der Waals surface area contributed by atoms with Crippen LogP contribution in [0.15, 0.2) is 217 Å². The number of benzene rings is 9. The summed E-state index contributed by atoms with van der Waals surface area (Å²) in [6.07, 6.45) is 0. The summed E-state index contributed by atoms with van der Waals surface area (Å²) < 4.78 is 13.5. The molecular formula is C54H35NO2Si. The second kappa shape index (κ2) is 12.8. The highest BCUT2D eigenvalue weighted by Gasteiger charge is 2.53. The Morgan fingerprint density at radius 3 is 1.57 bits per heavy atom. The number of fused-ring (bicyclic) bond motifs is 12. The molecule has 0 aliphatic carbocycles. The molecule has 4 heteroatoms. The average molecular weight is 758 g/mol. The van der Waals surface area contributed by atoms with Gasteiger partial charge in [-0.3, -0.25) is 0 Å². The van der Waals surface area contributed by atoms with Gasteiger partial charge in [-0.05, 0) is 115 Å². The number of ether oxygens (including phenoxy) is 1. The molecule has 0 atom stereocenters. The molecule has 0 saturated carbocycles. The second-order valence-electron chi connectivity index (χ2n) is 15.2. The van der Waals surface area contributed by atoms with Crippen molar-refractivity contribution >= 4 is 67.8 Å². The minimum Gasteiger partial charge on any atom is -0.458 e. The SMILES string of the molecule is c1ccc(-c2ccc(N(c3ccccc3)c3ccc4c(c3)oc3cc(-c5ccc6c(c5)[Si]5(c7ccccc7O6)c6ccccc6-c6ccccc65)ccc34)cc2)cc1. The van der Waals surface area contributed by atoms with Crippen molar-refractivity contribution in [3.05, 3.63) is 212 Å².